The number of aryl methyl sites for hydroxylation is 2. The van der Waals surface area contributed by atoms with Gasteiger partial charge >= 0.3 is 0 Å². The van der Waals surface area contributed by atoms with Crippen molar-refractivity contribution in [2.45, 2.75) is 52.8 Å². The second-order valence-electron chi connectivity index (χ2n) is 6.85. The summed E-state index contributed by atoms with van der Waals surface area (Å²) in [7, 11) is 1.83. The lowest BCUT2D eigenvalue weighted by molar-refractivity contribution is -0.106. The van der Waals surface area contributed by atoms with E-state index in [0.29, 0.717) is 18.1 Å². The Morgan fingerprint density at radius 2 is 2.17 bits per heavy atom. The number of halogens is 1. The maximum Gasteiger partial charge on any atom is 0.191 e. The summed E-state index contributed by atoms with van der Waals surface area (Å²) in [5.74, 6) is 1.48. The maximum atomic E-state index is 5.85. The number of thiazole rings is 1. The number of aliphatic imine (C=N–C) groups is 1. The van der Waals surface area contributed by atoms with Crippen molar-refractivity contribution >= 4 is 41.3 Å². The van der Waals surface area contributed by atoms with Crippen molar-refractivity contribution in [3.63, 3.8) is 0 Å². The molecule has 1 aromatic rings. The lowest BCUT2D eigenvalue weighted by Crippen LogP contribution is -2.67. The zero-order chi connectivity index (χ0) is 15.9. The minimum absolute atomic E-state index is 0. The number of rotatable bonds is 3. The molecule has 23 heavy (non-hydrogen) atoms. The SMILES string of the molecule is CN=C(NCc1sc(C)nc1C)NC1C2CCOC2C1(C)C.I. The smallest absolute Gasteiger partial charge is 0.191 e. The molecule has 1 saturated carbocycles. The van der Waals surface area contributed by atoms with Crippen molar-refractivity contribution in [1.29, 1.82) is 0 Å². The molecule has 0 radical (unpaired) electrons. The van der Waals surface area contributed by atoms with Crippen LogP contribution in [0.4, 0.5) is 0 Å². The third kappa shape index (κ3) is 3.51. The molecular weight excluding hydrogens is 423 g/mol. The molecule has 2 fully saturated rings. The number of hydrogen-bond acceptors (Lipinski definition) is 4. The Balaban J connectivity index is 0.00000192. The molecule has 130 valence electrons. The van der Waals surface area contributed by atoms with Crippen LogP contribution in [0.25, 0.3) is 0 Å². The highest BCUT2D eigenvalue weighted by atomic mass is 127. The fourth-order valence-corrected chi connectivity index (χ4v) is 4.74. The molecule has 1 saturated heterocycles. The first-order chi connectivity index (χ1) is 10.4. The van der Waals surface area contributed by atoms with Crippen molar-refractivity contribution in [3.8, 4) is 0 Å². The van der Waals surface area contributed by atoms with Gasteiger partial charge in [-0.3, -0.25) is 4.99 Å². The number of hydrogen-bond donors (Lipinski definition) is 2. The van der Waals surface area contributed by atoms with Crippen LogP contribution in [0.2, 0.25) is 0 Å². The van der Waals surface area contributed by atoms with Crippen LogP contribution in [0.1, 0.15) is 35.8 Å². The van der Waals surface area contributed by atoms with Gasteiger partial charge in [-0.1, -0.05) is 13.8 Å². The van der Waals surface area contributed by atoms with Crippen molar-refractivity contribution in [2.75, 3.05) is 13.7 Å². The Kier molecular flexibility index (Phi) is 5.94. The fourth-order valence-electron chi connectivity index (χ4n) is 3.86. The molecule has 0 bridgehead atoms. The molecule has 3 atom stereocenters. The van der Waals surface area contributed by atoms with Gasteiger partial charge in [-0.25, -0.2) is 4.98 Å². The third-order valence-electron chi connectivity index (χ3n) is 5.03. The van der Waals surface area contributed by atoms with Crippen LogP contribution in [0, 0.1) is 25.2 Å². The predicted molar refractivity (Wildman–Crippen MR) is 106 cm³/mol. The van der Waals surface area contributed by atoms with Gasteiger partial charge in [0.1, 0.15) is 0 Å². The number of nitrogens with zero attached hydrogens (tertiary/aromatic N) is 2. The van der Waals surface area contributed by atoms with E-state index in [1.54, 1.807) is 11.3 Å². The average molecular weight is 450 g/mol. The molecule has 0 amide bonds. The van der Waals surface area contributed by atoms with E-state index in [0.717, 1.165) is 36.2 Å². The van der Waals surface area contributed by atoms with Gasteiger partial charge in [-0.2, -0.15) is 0 Å². The number of aromatic nitrogens is 1. The molecular formula is C16H27IN4OS. The first-order valence-corrected chi connectivity index (χ1v) is 8.77. The van der Waals surface area contributed by atoms with Gasteiger partial charge in [0.2, 0.25) is 0 Å². The Morgan fingerprint density at radius 1 is 1.43 bits per heavy atom. The molecule has 2 aliphatic rings. The van der Waals surface area contributed by atoms with Crippen LogP contribution < -0.4 is 10.6 Å². The summed E-state index contributed by atoms with van der Waals surface area (Å²) in [5.41, 5.74) is 1.27. The quantitative estimate of drug-likeness (QED) is 0.423. The summed E-state index contributed by atoms with van der Waals surface area (Å²) in [6.45, 7) is 10.3. The summed E-state index contributed by atoms with van der Waals surface area (Å²) in [5, 5.41) is 8.14. The van der Waals surface area contributed by atoms with E-state index in [4.69, 9.17) is 4.74 Å². The average Bonchev–Trinajstić information content (AvgIpc) is 3.04. The minimum Gasteiger partial charge on any atom is -0.377 e. The molecule has 7 heteroatoms. The van der Waals surface area contributed by atoms with Gasteiger partial charge in [0, 0.05) is 35.9 Å². The van der Waals surface area contributed by atoms with Crippen molar-refractivity contribution < 1.29 is 4.74 Å². The fraction of sp³-hybridized carbons (Fsp3) is 0.750. The molecule has 3 unspecified atom stereocenters. The summed E-state index contributed by atoms with van der Waals surface area (Å²) in [6, 6.07) is 0.426. The van der Waals surface area contributed by atoms with Gasteiger partial charge in [0.05, 0.1) is 23.4 Å². The Hall–Kier alpha value is -0.410. The maximum absolute atomic E-state index is 5.85. The van der Waals surface area contributed by atoms with Gasteiger partial charge in [-0.15, -0.1) is 35.3 Å². The second kappa shape index (κ2) is 7.23. The van der Waals surface area contributed by atoms with Gasteiger partial charge in [0.25, 0.3) is 0 Å². The number of nitrogens with one attached hydrogen (secondary N) is 2. The highest BCUT2D eigenvalue weighted by Gasteiger charge is 2.59. The van der Waals surface area contributed by atoms with Crippen LogP contribution in [0.5, 0.6) is 0 Å². The molecule has 0 aromatic carbocycles. The topological polar surface area (TPSA) is 58.5 Å². The number of ether oxygens (including phenoxy) is 1. The van der Waals surface area contributed by atoms with Crippen LogP contribution >= 0.6 is 35.3 Å². The van der Waals surface area contributed by atoms with Gasteiger partial charge in [-0.05, 0) is 20.3 Å². The molecule has 3 rings (SSSR count). The molecule has 2 N–H and O–H groups in total. The molecule has 1 aliphatic carbocycles. The summed E-state index contributed by atoms with van der Waals surface area (Å²) >= 11 is 1.74. The molecule has 2 heterocycles. The molecule has 5 nitrogen and oxygen atoms in total. The normalized spacial score (nSPS) is 28.6. The van der Waals surface area contributed by atoms with E-state index in [1.807, 2.05) is 14.0 Å². The first-order valence-electron chi connectivity index (χ1n) is 7.95. The molecule has 1 aliphatic heterocycles. The molecule has 0 spiro atoms. The van der Waals surface area contributed by atoms with Crippen LogP contribution in [0.15, 0.2) is 4.99 Å². The number of guanidine groups is 1. The van der Waals surface area contributed by atoms with E-state index in [1.165, 1.54) is 4.88 Å². The summed E-state index contributed by atoms with van der Waals surface area (Å²) < 4.78 is 5.85. The van der Waals surface area contributed by atoms with Gasteiger partial charge < -0.3 is 15.4 Å². The van der Waals surface area contributed by atoms with E-state index >= 15 is 0 Å². The van der Waals surface area contributed by atoms with Crippen molar-refractivity contribution in [3.05, 3.63) is 15.6 Å². The van der Waals surface area contributed by atoms with Crippen molar-refractivity contribution in [2.24, 2.45) is 16.3 Å². The van der Waals surface area contributed by atoms with Crippen molar-refractivity contribution in [1.82, 2.24) is 15.6 Å². The van der Waals surface area contributed by atoms with E-state index in [-0.39, 0.29) is 29.4 Å². The Labute approximate surface area is 159 Å². The largest absolute Gasteiger partial charge is 0.377 e. The summed E-state index contributed by atoms with van der Waals surface area (Å²) in [6.07, 6.45) is 1.55. The highest BCUT2D eigenvalue weighted by molar-refractivity contribution is 14.0. The third-order valence-corrected chi connectivity index (χ3v) is 6.11. The highest BCUT2D eigenvalue weighted by Crippen LogP contribution is 2.52. The first kappa shape index (κ1) is 18.9. The van der Waals surface area contributed by atoms with Gasteiger partial charge in [0.15, 0.2) is 5.96 Å². The monoisotopic (exact) mass is 450 g/mol. The van der Waals surface area contributed by atoms with E-state index in [2.05, 4.69) is 41.4 Å². The van der Waals surface area contributed by atoms with Crippen LogP contribution in [-0.4, -0.2) is 36.7 Å². The lowest BCUT2D eigenvalue weighted by atomic mass is 9.57. The number of fused-ring (bicyclic) bond motifs is 1. The zero-order valence-corrected chi connectivity index (χ0v) is 17.6. The Bertz CT molecular complexity index is 587. The lowest BCUT2D eigenvalue weighted by Gasteiger charge is -2.54. The zero-order valence-electron chi connectivity index (χ0n) is 14.5. The standard InChI is InChI=1S/C16H26N4OS.HI/c1-9-12(22-10(2)19-9)8-18-15(17-5)20-13-11-6-7-21-14(11)16(13,3)4;/h11,13-14H,6-8H2,1-5H3,(H2,17,18,20);1H. The van der Waals surface area contributed by atoms with E-state index < -0.39 is 0 Å². The minimum atomic E-state index is 0. The second-order valence-corrected chi connectivity index (χ2v) is 8.14. The molecule has 1 aromatic heterocycles. The summed E-state index contributed by atoms with van der Waals surface area (Å²) in [4.78, 5) is 10.1. The predicted octanol–water partition coefficient (Wildman–Crippen LogP) is 2.86. The Morgan fingerprint density at radius 3 is 2.78 bits per heavy atom. The van der Waals surface area contributed by atoms with Crippen LogP contribution in [0.3, 0.4) is 0 Å². The van der Waals surface area contributed by atoms with E-state index in [9.17, 15) is 0 Å². The van der Waals surface area contributed by atoms with Crippen LogP contribution in [-0.2, 0) is 11.3 Å².